The van der Waals surface area contributed by atoms with E-state index in [1.807, 2.05) is 13.0 Å². The molecule has 1 aromatic rings. The fraction of sp³-hybridized carbons (Fsp3) is 0.636. The normalized spacial score (nSPS) is 11.5. The summed E-state index contributed by atoms with van der Waals surface area (Å²) in [5, 5.41) is 3.23. The summed E-state index contributed by atoms with van der Waals surface area (Å²) >= 11 is 0. The van der Waals surface area contributed by atoms with E-state index in [-0.39, 0.29) is 5.41 Å². The van der Waals surface area contributed by atoms with Crippen molar-refractivity contribution in [1.29, 1.82) is 0 Å². The molecule has 0 aliphatic carbocycles. The summed E-state index contributed by atoms with van der Waals surface area (Å²) < 4.78 is 0. The summed E-state index contributed by atoms with van der Waals surface area (Å²) in [4.78, 5) is 8.43. The Kier molecular flexibility index (Phi) is 4.03. The van der Waals surface area contributed by atoms with Crippen molar-refractivity contribution in [2.24, 2.45) is 11.1 Å². The van der Waals surface area contributed by atoms with Crippen molar-refractivity contribution in [3.63, 3.8) is 0 Å². The van der Waals surface area contributed by atoms with Crippen LogP contribution in [-0.2, 0) is 0 Å². The zero-order valence-corrected chi connectivity index (χ0v) is 9.75. The van der Waals surface area contributed by atoms with E-state index in [1.54, 1.807) is 6.20 Å². The second kappa shape index (κ2) is 5.07. The first-order valence-corrected chi connectivity index (χ1v) is 5.27. The van der Waals surface area contributed by atoms with Crippen molar-refractivity contribution >= 4 is 5.95 Å². The summed E-state index contributed by atoms with van der Waals surface area (Å²) in [6.45, 7) is 7.88. The Labute approximate surface area is 91.3 Å². The minimum Gasteiger partial charge on any atom is -0.354 e. The van der Waals surface area contributed by atoms with Crippen LogP contribution in [0.4, 0.5) is 5.95 Å². The van der Waals surface area contributed by atoms with Gasteiger partial charge >= 0.3 is 0 Å². The van der Waals surface area contributed by atoms with Gasteiger partial charge in [-0.15, -0.1) is 0 Å². The van der Waals surface area contributed by atoms with Crippen molar-refractivity contribution < 1.29 is 0 Å². The average Bonchev–Trinajstić information content (AvgIpc) is 2.15. The van der Waals surface area contributed by atoms with Crippen LogP contribution in [0.5, 0.6) is 0 Å². The van der Waals surface area contributed by atoms with E-state index < -0.39 is 0 Å². The van der Waals surface area contributed by atoms with Gasteiger partial charge in [0.1, 0.15) is 0 Å². The van der Waals surface area contributed by atoms with Crippen LogP contribution in [0.3, 0.4) is 0 Å². The minimum absolute atomic E-state index is 0.182. The Balaban J connectivity index is 2.49. The SMILES string of the molecule is Cc1ccnc(NCC(C)(C)CCN)n1. The zero-order valence-electron chi connectivity index (χ0n) is 9.75. The largest absolute Gasteiger partial charge is 0.354 e. The van der Waals surface area contributed by atoms with Crippen LogP contribution in [0.25, 0.3) is 0 Å². The molecule has 0 unspecified atom stereocenters. The lowest BCUT2D eigenvalue weighted by atomic mass is 9.89. The highest BCUT2D eigenvalue weighted by atomic mass is 15.1. The van der Waals surface area contributed by atoms with E-state index >= 15 is 0 Å². The van der Waals surface area contributed by atoms with Crippen molar-refractivity contribution in [2.45, 2.75) is 27.2 Å². The number of nitrogens with zero attached hydrogens (tertiary/aromatic N) is 2. The number of nitrogens with one attached hydrogen (secondary N) is 1. The summed E-state index contributed by atoms with van der Waals surface area (Å²) in [5.74, 6) is 0.695. The third kappa shape index (κ3) is 4.25. The maximum atomic E-state index is 5.55. The molecule has 1 aromatic heterocycles. The average molecular weight is 208 g/mol. The molecule has 0 aromatic carbocycles. The van der Waals surface area contributed by atoms with E-state index in [1.165, 1.54) is 0 Å². The molecular formula is C11H20N4. The molecule has 1 rings (SSSR count). The Bertz CT molecular complexity index is 309. The lowest BCUT2D eigenvalue weighted by Crippen LogP contribution is -2.26. The van der Waals surface area contributed by atoms with Crippen LogP contribution >= 0.6 is 0 Å². The minimum atomic E-state index is 0.182. The van der Waals surface area contributed by atoms with Crippen LogP contribution in [0.15, 0.2) is 12.3 Å². The first kappa shape index (κ1) is 11.9. The smallest absolute Gasteiger partial charge is 0.222 e. The molecule has 3 N–H and O–H groups in total. The summed E-state index contributed by atoms with van der Waals surface area (Å²) in [5.41, 5.74) is 6.71. The predicted molar refractivity (Wildman–Crippen MR) is 62.7 cm³/mol. The number of aromatic nitrogens is 2. The van der Waals surface area contributed by atoms with Crippen LogP contribution in [0.1, 0.15) is 26.0 Å². The summed E-state index contributed by atoms with van der Waals surface area (Å²) in [6.07, 6.45) is 2.76. The molecule has 4 heteroatoms. The molecule has 0 spiro atoms. The van der Waals surface area contributed by atoms with Gasteiger partial charge in [0.2, 0.25) is 5.95 Å². The monoisotopic (exact) mass is 208 g/mol. The first-order chi connectivity index (χ1) is 7.03. The highest BCUT2D eigenvalue weighted by molar-refractivity contribution is 5.24. The molecule has 0 bridgehead atoms. The standard InChI is InChI=1S/C11H20N4/c1-9-4-7-13-10(15-9)14-8-11(2,3)5-6-12/h4,7H,5-6,8,12H2,1-3H3,(H,13,14,15). The molecule has 15 heavy (non-hydrogen) atoms. The summed E-state index contributed by atoms with van der Waals surface area (Å²) in [6, 6.07) is 1.89. The molecule has 0 aliphatic rings. The second-order valence-electron chi connectivity index (χ2n) is 4.58. The first-order valence-electron chi connectivity index (χ1n) is 5.27. The topological polar surface area (TPSA) is 63.8 Å². The van der Waals surface area contributed by atoms with Crippen LogP contribution < -0.4 is 11.1 Å². The number of hydrogen-bond donors (Lipinski definition) is 2. The van der Waals surface area contributed by atoms with E-state index in [4.69, 9.17) is 5.73 Å². The molecular weight excluding hydrogens is 188 g/mol. The highest BCUT2D eigenvalue weighted by Crippen LogP contribution is 2.19. The van der Waals surface area contributed by atoms with Crippen molar-refractivity contribution in [3.05, 3.63) is 18.0 Å². The molecule has 84 valence electrons. The van der Waals surface area contributed by atoms with Gasteiger partial charge in [-0.25, -0.2) is 9.97 Å². The molecule has 0 amide bonds. The maximum Gasteiger partial charge on any atom is 0.222 e. The van der Waals surface area contributed by atoms with Gasteiger partial charge in [-0.05, 0) is 31.4 Å². The number of nitrogens with two attached hydrogens (primary N) is 1. The number of aryl methyl sites for hydroxylation is 1. The van der Waals surface area contributed by atoms with E-state index in [0.29, 0.717) is 12.5 Å². The van der Waals surface area contributed by atoms with Crippen molar-refractivity contribution in [2.75, 3.05) is 18.4 Å². The van der Waals surface area contributed by atoms with Gasteiger partial charge in [0.15, 0.2) is 0 Å². The zero-order chi connectivity index (χ0) is 11.3. The molecule has 1 heterocycles. The van der Waals surface area contributed by atoms with Crippen molar-refractivity contribution in [1.82, 2.24) is 9.97 Å². The van der Waals surface area contributed by atoms with Gasteiger partial charge in [0.05, 0.1) is 0 Å². The van der Waals surface area contributed by atoms with Gasteiger partial charge in [-0.1, -0.05) is 13.8 Å². The van der Waals surface area contributed by atoms with Gasteiger partial charge in [-0.2, -0.15) is 0 Å². The summed E-state index contributed by atoms with van der Waals surface area (Å²) in [7, 11) is 0. The van der Waals surface area contributed by atoms with Gasteiger partial charge < -0.3 is 11.1 Å². The third-order valence-corrected chi connectivity index (χ3v) is 2.34. The number of rotatable bonds is 5. The Morgan fingerprint density at radius 2 is 2.20 bits per heavy atom. The van der Waals surface area contributed by atoms with E-state index in [0.717, 1.165) is 18.7 Å². The molecule has 0 aliphatic heterocycles. The highest BCUT2D eigenvalue weighted by Gasteiger charge is 2.16. The second-order valence-corrected chi connectivity index (χ2v) is 4.58. The van der Waals surface area contributed by atoms with Crippen LogP contribution in [0.2, 0.25) is 0 Å². The van der Waals surface area contributed by atoms with Gasteiger partial charge in [0.25, 0.3) is 0 Å². The molecule has 4 nitrogen and oxygen atoms in total. The molecule has 0 saturated carbocycles. The molecule has 0 saturated heterocycles. The maximum absolute atomic E-state index is 5.55. The number of anilines is 1. The van der Waals surface area contributed by atoms with Crippen molar-refractivity contribution in [3.8, 4) is 0 Å². The van der Waals surface area contributed by atoms with Crippen LogP contribution in [0, 0.1) is 12.3 Å². The molecule has 0 radical (unpaired) electrons. The molecule has 0 atom stereocenters. The van der Waals surface area contributed by atoms with E-state index in [9.17, 15) is 0 Å². The van der Waals surface area contributed by atoms with Gasteiger partial charge in [-0.3, -0.25) is 0 Å². The van der Waals surface area contributed by atoms with E-state index in [2.05, 4.69) is 29.1 Å². The van der Waals surface area contributed by atoms with Crippen LogP contribution in [-0.4, -0.2) is 23.1 Å². The van der Waals surface area contributed by atoms with Gasteiger partial charge in [0, 0.05) is 18.4 Å². The third-order valence-electron chi connectivity index (χ3n) is 2.34. The number of hydrogen-bond acceptors (Lipinski definition) is 4. The Morgan fingerprint density at radius 1 is 1.47 bits per heavy atom. The lowest BCUT2D eigenvalue weighted by molar-refractivity contribution is 0.364. The fourth-order valence-electron chi connectivity index (χ4n) is 1.33. The Morgan fingerprint density at radius 3 is 2.80 bits per heavy atom. The predicted octanol–water partition coefficient (Wildman–Crippen LogP) is 1.57. The Hall–Kier alpha value is -1.16. The quantitative estimate of drug-likeness (QED) is 0.771. The lowest BCUT2D eigenvalue weighted by Gasteiger charge is -2.24. The fourth-order valence-corrected chi connectivity index (χ4v) is 1.33. The molecule has 0 fully saturated rings.